The first-order chi connectivity index (χ1) is 9.43. The van der Waals surface area contributed by atoms with Gasteiger partial charge >= 0.3 is 0 Å². The van der Waals surface area contributed by atoms with Gasteiger partial charge in [-0.05, 0) is 11.1 Å². The first kappa shape index (κ1) is 10.6. The minimum absolute atomic E-state index is 0.416. The molecule has 0 aliphatic carbocycles. The number of rotatable bonds is 1. The smallest absolute Gasteiger partial charge is 0.140 e. The van der Waals surface area contributed by atoms with Gasteiger partial charge in [-0.25, -0.2) is 4.98 Å². The fourth-order valence-corrected chi connectivity index (χ4v) is 2.97. The van der Waals surface area contributed by atoms with E-state index in [-0.39, 0.29) is 0 Å². The minimum Gasteiger partial charge on any atom is -0.330 e. The molecular weight excluding hydrogens is 232 g/mol. The fourth-order valence-electron chi connectivity index (χ4n) is 2.97. The lowest BCUT2D eigenvalue weighted by Gasteiger charge is -2.27. The van der Waals surface area contributed by atoms with E-state index in [1.54, 1.807) is 0 Å². The highest BCUT2D eigenvalue weighted by Gasteiger charge is 2.25. The molecule has 0 spiro atoms. The third-order valence-corrected chi connectivity index (χ3v) is 3.87. The number of imidazole rings is 1. The summed E-state index contributed by atoms with van der Waals surface area (Å²) in [7, 11) is 0. The Hall–Kier alpha value is -2.35. The van der Waals surface area contributed by atoms with Crippen molar-refractivity contribution in [1.82, 2.24) is 9.55 Å². The highest BCUT2D eigenvalue weighted by molar-refractivity contribution is 5.65. The van der Waals surface area contributed by atoms with Crippen molar-refractivity contribution in [3.63, 3.8) is 0 Å². The van der Waals surface area contributed by atoms with Crippen molar-refractivity contribution >= 4 is 0 Å². The summed E-state index contributed by atoms with van der Waals surface area (Å²) >= 11 is 0. The van der Waals surface area contributed by atoms with Crippen molar-refractivity contribution in [2.24, 2.45) is 0 Å². The molecular formula is C17H14N2. The van der Waals surface area contributed by atoms with Gasteiger partial charge in [-0.3, -0.25) is 0 Å². The van der Waals surface area contributed by atoms with E-state index in [0.29, 0.717) is 5.92 Å². The van der Waals surface area contributed by atoms with E-state index in [2.05, 4.69) is 70.3 Å². The number of nitrogens with zero attached hydrogens (tertiary/aromatic N) is 2. The quantitative estimate of drug-likeness (QED) is 0.640. The third-order valence-electron chi connectivity index (χ3n) is 3.87. The molecule has 2 aromatic carbocycles. The monoisotopic (exact) mass is 246 g/mol. The second-order valence-corrected chi connectivity index (χ2v) is 4.95. The van der Waals surface area contributed by atoms with Crippen molar-refractivity contribution in [2.45, 2.75) is 12.5 Å². The minimum atomic E-state index is 0.416. The number of benzene rings is 2. The summed E-state index contributed by atoms with van der Waals surface area (Å²) in [6.07, 6.45) is 3.96. The molecule has 1 aromatic heterocycles. The Morgan fingerprint density at radius 2 is 1.74 bits per heavy atom. The molecule has 0 radical (unpaired) electrons. The highest BCUT2D eigenvalue weighted by atomic mass is 15.1. The normalized spacial score (nSPS) is 16.7. The molecule has 0 saturated carbocycles. The van der Waals surface area contributed by atoms with Crippen LogP contribution < -0.4 is 0 Å². The third kappa shape index (κ3) is 1.60. The fraction of sp³-hybridized carbons (Fsp3) is 0.118. The van der Waals surface area contributed by atoms with Crippen molar-refractivity contribution in [3.05, 3.63) is 78.1 Å². The predicted molar refractivity (Wildman–Crippen MR) is 75.9 cm³/mol. The van der Waals surface area contributed by atoms with Crippen molar-refractivity contribution in [1.29, 1.82) is 0 Å². The molecule has 1 aliphatic rings. The van der Waals surface area contributed by atoms with Gasteiger partial charge in [0.05, 0.1) is 0 Å². The molecule has 2 heterocycles. The molecule has 19 heavy (non-hydrogen) atoms. The van der Waals surface area contributed by atoms with Crippen LogP contribution in [0.5, 0.6) is 0 Å². The first-order valence-corrected chi connectivity index (χ1v) is 6.59. The maximum atomic E-state index is 4.49. The standard InChI is InChI=1S/C17H14N2/c1-2-6-13(7-3-1)16-12-19-11-10-18-17(19)15-9-5-4-8-14(15)16/h1-11,16H,12H2. The van der Waals surface area contributed by atoms with Crippen molar-refractivity contribution < 1.29 is 0 Å². The van der Waals surface area contributed by atoms with E-state index in [0.717, 1.165) is 12.4 Å². The Balaban J connectivity index is 1.93. The zero-order valence-electron chi connectivity index (χ0n) is 10.5. The number of hydrogen-bond acceptors (Lipinski definition) is 1. The molecule has 2 heteroatoms. The zero-order chi connectivity index (χ0) is 12.7. The van der Waals surface area contributed by atoms with Gasteiger partial charge in [-0.15, -0.1) is 0 Å². The average Bonchev–Trinajstić information content (AvgIpc) is 2.96. The van der Waals surface area contributed by atoms with Gasteiger partial charge in [0, 0.05) is 30.4 Å². The number of aromatic nitrogens is 2. The van der Waals surface area contributed by atoms with Gasteiger partial charge in [-0.2, -0.15) is 0 Å². The maximum Gasteiger partial charge on any atom is 0.140 e. The van der Waals surface area contributed by atoms with E-state index < -0.39 is 0 Å². The van der Waals surface area contributed by atoms with Crippen LogP contribution in [0.2, 0.25) is 0 Å². The van der Waals surface area contributed by atoms with E-state index >= 15 is 0 Å². The number of hydrogen-bond donors (Lipinski definition) is 0. The lowest BCUT2D eigenvalue weighted by molar-refractivity contribution is 0.611. The lowest BCUT2D eigenvalue weighted by atomic mass is 9.85. The SMILES string of the molecule is c1ccc(C2Cn3ccnc3-c3ccccc32)cc1. The van der Waals surface area contributed by atoms with Crippen LogP contribution in [-0.2, 0) is 6.54 Å². The second kappa shape index (κ2) is 4.09. The summed E-state index contributed by atoms with van der Waals surface area (Å²) in [4.78, 5) is 4.49. The van der Waals surface area contributed by atoms with Crippen LogP contribution in [-0.4, -0.2) is 9.55 Å². The van der Waals surface area contributed by atoms with Crippen LogP contribution in [0, 0.1) is 0 Å². The summed E-state index contributed by atoms with van der Waals surface area (Å²) in [5.74, 6) is 1.50. The zero-order valence-corrected chi connectivity index (χ0v) is 10.5. The molecule has 1 unspecified atom stereocenters. The molecule has 1 aliphatic heterocycles. The lowest BCUT2D eigenvalue weighted by Crippen LogP contribution is -2.17. The Kier molecular flexibility index (Phi) is 2.27. The molecule has 0 fully saturated rings. The van der Waals surface area contributed by atoms with Crippen molar-refractivity contribution in [3.8, 4) is 11.4 Å². The Bertz CT molecular complexity index is 713. The van der Waals surface area contributed by atoms with Gasteiger partial charge < -0.3 is 4.57 Å². The van der Waals surface area contributed by atoms with Gasteiger partial charge in [0.1, 0.15) is 5.82 Å². The molecule has 0 N–H and O–H groups in total. The first-order valence-electron chi connectivity index (χ1n) is 6.59. The molecule has 0 bridgehead atoms. The van der Waals surface area contributed by atoms with E-state index in [1.165, 1.54) is 16.7 Å². The Morgan fingerprint density at radius 3 is 2.63 bits per heavy atom. The van der Waals surface area contributed by atoms with Gasteiger partial charge in [0.15, 0.2) is 0 Å². The molecule has 92 valence electrons. The molecule has 1 atom stereocenters. The van der Waals surface area contributed by atoms with Crippen LogP contribution in [0.15, 0.2) is 67.0 Å². The summed E-state index contributed by atoms with van der Waals surface area (Å²) in [5.41, 5.74) is 4.01. The molecule has 4 rings (SSSR count). The molecule has 2 nitrogen and oxygen atoms in total. The Labute approximate surface area is 112 Å². The largest absolute Gasteiger partial charge is 0.330 e. The van der Waals surface area contributed by atoms with Gasteiger partial charge in [-0.1, -0.05) is 54.6 Å². The second-order valence-electron chi connectivity index (χ2n) is 4.95. The average molecular weight is 246 g/mol. The maximum absolute atomic E-state index is 4.49. The summed E-state index contributed by atoms with van der Waals surface area (Å²) in [6, 6.07) is 19.3. The van der Waals surface area contributed by atoms with Crippen LogP contribution >= 0.6 is 0 Å². The molecule has 0 amide bonds. The van der Waals surface area contributed by atoms with Crippen molar-refractivity contribution in [2.75, 3.05) is 0 Å². The van der Waals surface area contributed by atoms with Gasteiger partial charge in [0.25, 0.3) is 0 Å². The highest BCUT2D eigenvalue weighted by Crippen LogP contribution is 2.38. The van der Waals surface area contributed by atoms with Crippen LogP contribution in [0.4, 0.5) is 0 Å². The predicted octanol–water partition coefficient (Wildman–Crippen LogP) is 3.70. The summed E-state index contributed by atoms with van der Waals surface area (Å²) < 4.78 is 2.25. The number of fused-ring (bicyclic) bond motifs is 3. The Morgan fingerprint density at radius 1 is 0.947 bits per heavy atom. The van der Waals surface area contributed by atoms with Crippen LogP contribution in [0.3, 0.4) is 0 Å². The molecule has 3 aromatic rings. The topological polar surface area (TPSA) is 17.8 Å². The summed E-state index contributed by atoms with van der Waals surface area (Å²) in [5, 5.41) is 0. The van der Waals surface area contributed by atoms with E-state index in [9.17, 15) is 0 Å². The molecule has 0 saturated heterocycles. The van der Waals surface area contributed by atoms with Crippen LogP contribution in [0.25, 0.3) is 11.4 Å². The van der Waals surface area contributed by atoms with Crippen LogP contribution in [0.1, 0.15) is 17.0 Å². The van der Waals surface area contributed by atoms with E-state index in [4.69, 9.17) is 0 Å². The van der Waals surface area contributed by atoms with Gasteiger partial charge in [0.2, 0.25) is 0 Å². The summed E-state index contributed by atoms with van der Waals surface area (Å²) in [6.45, 7) is 0.969. The van der Waals surface area contributed by atoms with E-state index in [1.807, 2.05) is 6.20 Å².